The van der Waals surface area contributed by atoms with Crippen LogP contribution in [-0.2, 0) is 6.42 Å². The summed E-state index contributed by atoms with van der Waals surface area (Å²) in [4.78, 5) is 27.2. The smallest absolute Gasteiger partial charge is 0.268 e. The van der Waals surface area contributed by atoms with E-state index in [1.54, 1.807) is 6.92 Å². The van der Waals surface area contributed by atoms with Crippen LogP contribution in [0.25, 0.3) is 0 Å². The second-order valence-corrected chi connectivity index (χ2v) is 5.81. The SMILES string of the molecule is C#CCNC(=O)c1[nH]c2c(c1C)C(=O)CC(C)(C)C2. The van der Waals surface area contributed by atoms with Crippen molar-refractivity contribution >= 4 is 11.7 Å². The Morgan fingerprint density at radius 1 is 1.47 bits per heavy atom. The molecule has 0 aromatic carbocycles. The number of carbonyl (C=O) groups excluding carboxylic acids is 2. The first-order chi connectivity index (χ1) is 8.85. The van der Waals surface area contributed by atoms with E-state index >= 15 is 0 Å². The molecule has 0 atom stereocenters. The number of nitrogens with one attached hydrogen (secondary N) is 2. The maximum atomic E-state index is 12.2. The van der Waals surface area contributed by atoms with Crippen LogP contribution in [0.5, 0.6) is 0 Å². The average molecular weight is 258 g/mol. The number of Topliss-reactive ketones (excluding diaryl/α,β-unsaturated/α-hetero) is 1. The Labute approximate surface area is 113 Å². The van der Waals surface area contributed by atoms with Crippen LogP contribution < -0.4 is 5.32 Å². The second-order valence-electron chi connectivity index (χ2n) is 5.81. The molecule has 1 amide bonds. The first-order valence-electron chi connectivity index (χ1n) is 6.32. The molecule has 1 aromatic rings. The van der Waals surface area contributed by atoms with Gasteiger partial charge in [-0.05, 0) is 24.3 Å². The molecule has 0 saturated carbocycles. The van der Waals surface area contributed by atoms with Gasteiger partial charge in [-0.3, -0.25) is 9.59 Å². The van der Waals surface area contributed by atoms with Crippen LogP contribution in [-0.4, -0.2) is 23.2 Å². The van der Waals surface area contributed by atoms with Gasteiger partial charge in [-0.25, -0.2) is 0 Å². The summed E-state index contributed by atoms with van der Waals surface area (Å²) in [6.07, 6.45) is 6.41. The number of carbonyl (C=O) groups is 2. The molecule has 0 spiro atoms. The molecule has 1 aliphatic rings. The predicted octanol–water partition coefficient (Wildman–Crippen LogP) is 1.84. The maximum absolute atomic E-state index is 12.2. The van der Waals surface area contributed by atoms with Crippen LogP contribution >= 0.6 is 0 Å². The number of ketones is 1. The highest BCUT2D eigenvalue weighted by molar-refractivity contribution is 6.04. The van der Waals surface area contributed by atoms with Crippen LogP contribution in [0.2, 0.25) is 0 Å². The summed E-state index contributed by atoms with van der Waals surface area (Å²) in [5.74, 6) is 2.21. The quantitative estimate of drug-likeness (QED) is 0.795. The minimum atomic E-state index is -0.254. The Bertz CT molecular complexity index is 588. The van der Waals surface area contributed by atoms with Crippen LogP contribution in [0, 0.1) is 24.7 Å². The Hall–Kier alpha value is -2.02. The Kier molecular flexibility index (Phi) is 3.23. The van der Waals surface area contributed by atoms with Crippen molar-refractivity contribution < 1.29 is 9.59 Å². The lowest BCUT2D eigenvalue weighted by Crippen LogP contribution is -2.26. The molecule has 2 rings (SSSR count). The highest BCUT2D eigenvalue weighted by Crippen LogP contribution is 2.36. The predicted molar refractivity (Wildman–Crippen MR) is 73.1 cm³/mol. The summed E-state index contributed by atoms with van der Waals surface area (Å²) in [7, 11) is 0. The Morgan fingerprint density at radius 2 is 2.16 bits per heavy atom. The van der Waals surface area contributed by atoms with Crippen LogP contribution in [0.15, 0.2) is 0 Å². The van der Waals surface area contributed by atoms with E-state index in [2.05, 4.69) is 30.1 Å². The molecule has 4 nitrogen and oxygen atoms in total. The molecule has 0 bridgehead atoms. The molecule has 100 valence electrons. The lowest BCUT2D eigenvalue weighted by molar-refractivity contribution is 0.0910. The lowest BCUT2D eigenvalue weighted by Gasteiger charge is -2.28. The van der Waals surface area contributed by atoms with Gasteiger partial charge in [0.25, 0.3) is 5.91 Å². The van der Waals surface area contributed by atoms with Gasteiger partial charge in [-0.15, -0.1) is 6.42 Å². The van der Waals surface area contributed by atoms with Gasteiger partial charge in [0, 0.05) is 17.7 Å². The largest absolute Gasteiger partial charge is 0.354 e. The summed E-state index contributed by atoms with van der Waals surface area (Å²) in [6, 6.07) is 0. The Morgan fingerprint density at radius 3 is 2.79 bits per heavy atom. The van der Waals surface area contributed by atoms with E-state index in [1.807, 2.05) is 0 Å². The molecular weight excluding hydrogens is 240 g/mol. The topological polar surface area (TPSA) is 62.0 Å². The molecule has 1 aromatic heterocycles. The fourth-order valence-corrected chi connectivity index (χ4v) is 2.68. The van der Waals surface area contributed by atoms with E-state index in [9.17, 15) is 9.59 Å². The zero-order valence-electron chi connectivity index (χ0n) is 11.5. The number of hydrogen-bond acceptors (Lipinski definition) is 2. The van der Waals surface area contributed by atoms with E-state index in [0.717, 1.165) is 17.7 Å². The second kappa shape index (κ2) is 4.58. The van der Waals surface area contributed by atoms with Crippen molar-refractivity contribution in [1.29, 1.82) is 0 Å². The zero-order valence-corrected chi connectivity index (χ0v) is 11.5. The zero-order chi connectivity index (χ0) is 14.2. The molecule has 19 heavy (non-hydrogen) atoms. The minimum absolute atomic E-state index is 0.0616. The number of amides is 1. The van der Waals surface area contributed by atoms with E-state index in [-0.39, 0.29) is 23.7 Å². The standard InChI is InChI=1S/C15H18N2O2/c1-5-6-16-14(19)13-9(2)12-10(17-13)7-15(3,4)8-11(12)18/h1,17H,6-8H2,2-4H3,(H,16,19). The van der Waals surface area contributed by atoms with Gasteiger partial charge in [0.2, 0.25) is 0 Å². The third kappa shape index (κ3) is 2.41. The van der Waals surface area contributed by atoms with Gasteiger partial charge in [0.15, 0.2) is 5.78 Å². The third-order valence-electron chi connectivity index (χ3n) is 3.48. The van der Waals surface area contributed by atoms with Crippen molar-refractivity contribution in [2.45, 2.75) is 33.6 Å². The van der Waals surface area contributed by atoms with Crippen LogP contribution in [0.4, 0.5) is 0 Å². The molecule has 4 heteroatoms. The summed E-state index contributed by atoms with van der Waals surface area (Å²) in [5.41, 5.74) is 2.67. The van der Waals surface area contributed by atoms with Gasteiger partial charge < -0.3 is 10.3 Å². The van der Waals surface area contributed by atoms with Crippen LogP contribution in [0.1, 0.15) is 52.4 Å². The van der Waals surface area contributed by atoms with Gasteiger partial charge in [0.1, 0.15) is 5.69 Å². The van der Waals surface area contributed by atoms with Crippen molar-refractivity contribution in [3.63, 3.8) is 0 Å². The molecule has 0 unspecified atom stereocenters. The molecule has 0 aliphatic heterocycles. The molecule has 1 aliphatic carbocycles. The number of H-pyrrole nitrogens is 1. The summed E-state index contributed by atoms with van der Waals surface area (Å²) < 4.78 is 0. The van der Waals surface area contributed by atoms with E-state index in [0.29, 0.717) is 17.7 Å². The van der Waals surface area contributed by atoms with E-state index in [4.69, 9.17) is 6.42 Å². The fraction of sp³-hybridized carbons (Fsp3) is 0.467. The van der Waals surface area contributed by atoms with Gasteiger partial charge >= 0.3 is 0 Å². The van der Waals surface area contributed by atoms with Crippen LogP contribution in [0.3, 0.4) is 0 Å². The van der Waals surface area contributed by atoms with Crippen molar-refractivity contribution in [3.05, 3.63) is 22.5 Å². The van der Waals surface area contributed by atoms with Gasteiger partial charge in [0.05, 0.1) is 6.54 Å². The van der Waals surface area contributed by atoms with Gasteiger partial charge in [-0.2, -0.15) is 0 Å². The highest BCUT2D eigenvalue weighted by atomic mass is 16.2. The first kappa shape index (κ1) is 13.4. The number of terminal acetylenes is 1. The number of aromatic amines is 1. The maximum Gasteiger partial charge on any atom is 0.268 e. The third-order valence-corrected chi connectivity index (χ3v) is 3.48. The monoisotopic (exact) mass is 258 g/mol. The summed E-state index contributed by atoms with van der Waals surface area (Å²) in [6.45, 7) is 6.10. The lowest BCUT2D eigenvalue weighted by atomic mass is 9.75. The molecule has 0 radical (unpaired) electrons. The number of hydrogen-bond donors (Lipinski definition) is 2. The molecular formula is C15H18N2O2. The van der Waals surface area contributed by atoms with E-state index in [1.165, 1.54) is 0 Å². The highest BCUT2D eigenvalue weighted by Gasteiger charge is 2.35. The first-order valence-corrected chi connectivity index (χ1v) is 6.32. The normalized spacial score (nSPS) is 16.6. The number of fused-ring (bicyclic) bond motifs is 1. The molecule has 2 N–H and O–H groups in total. The fourth-order valence-electron chi connectivity index (χ4n) is 2.68. The summed E-state index contributed by atoms with van der Waals surface area (Å²) in [5, 5.41) is 2.62. The molecule has 0 fully saturated rings. The number of rotatable bonds is 2. The van der Waals surface area contributed by atoms with Gasteiger partial charge in [-0.1, -0.05) is 19.8 Å². The molecule has 0 saturated heterocycles. The van der Waals surface area contributed by atoms with Crippen molar-refractivity contribution in [2.75, 3.05) is 6.54 Å². The average Bonchev–Trinajstić information content (AvgIpc) is 2.61. The number of aromatic nitrogens is 1. The van der Waals surface area contributed by atoms with Crippen molar-refractivity contribution in [2.24, 2.45) is 5.41 Å². The minimum Gasteiger partial charge on any atom is -0.354 e. The summed E-state index contributed by atoms with van der Waals surface area (Å²) >= 11 is 0. The van der Waals surface area contributed by atoms with Crippen molar-refractivity contribution in [1.82, 2.24) is 10.3 Å². The van der Waals surface area contributed by atoms with Crippen molar-refractivity contribution in [3.8, 4) is 12.3 Å². The molecule has 1 heterocycles. The van der Waals surface area contributed by atoms with E-state index < -0.39 is 0 Å². The Balaban J connectivity index is 2.39.